The second-order valence-corrected chi connectivity index (χ2v) is 4.95. The van der Waals surface area contributed by atoms with Gasteiger partial charge in [0.15, 0.2) is 0 Å². The Hall–Kier alpha value is -1.79. The Bertz CT molecular complexity index is 357. The number of rotatable bonds is 7. The van der Waals surface area contributed by atoms with Gasteiger partial charge in [-0.15, -0.1) is 0 Å². The van der Waals surface area contributed by atoms with Gasteiger partial charge in [0.1, 0.15) is 12.6 Å². The topological polar surface area (TPSA) is 95.9 Å². The number of ether oxygens (including phenoxy) is 1. The van der Waals surface area contributed by atoms with Crippen LogP contribution >= 0.6 is 0 Å². The Morgan fingerprint density at radius 1 is 1.25 bits per heavy atom. The molecule has 2 N–H and O–H groups in total. The summed E-state index contributed by atoms with van der Waals surface area (Å²) in [5.74, 6) is -1.85. The van der Waals surface area contributed by atoms with Crippen molar-refractivity contribution in [3.63, 3.8) is 0 Å². The fraction of sp³-hybridized carbons (Fsp3) is 0.769. The number of hydrogen-bond donors (Lipinski definition) is 2. The summed E-state index contributed by atoms with van der Waals surface area (Å²) in [7, 11) is 1.23. The highest BCUT2D eigenvalue weighted by Gasteiger charge is 2.29. The van der Waals surface area contributed by atoms with E-state index in [0.29, 0.717) is 6.42 Å². The normalized spacial score (nSPS) is 13.5. The minimum Gasteiger partial charge on any atom is -0.480 e. The number of urea groups is 1. The monoisotopic (exact) mass is 288 g/mol. The van der Waals surface area contributed by atoms with Crippen molar-refractivity contribution in [2.75, 3.05) is 13.7 Å². The van der Waals surface area contributed by atoms with Gasteiger partial charge in [0, 0.05) is 6.04 Å². The summed E-state index contributed by atoms with van der Waals surface area (Å²) < 4.78 is 4.53. The smallest absolute Gasteiger partial charge is 0.326 e. The van der Waals surface area contributed by atoms with E-state index in [0.717, 1.165) is 0 Å². The summed E-state index contributed by atoms with van der Waals surface area (Å²) in [6.45, 7) is 6.86. The number of carbonyl (C=O) groups excluding carboxylic acids is 2. The largest absolute Gasteiger partial charge is 0.480 e. The highest BCUT2D eigenvalue weighted by molar-refractivity contribution is 5.85. The van der Waals surface area contributed by atoms with Crippen LogP contribution in [0.3, 0.4) is 0 Å². The van der Waals surface area contributed by atoms with Crippen molar-refractivity contribution >= 4 is 18.0 Å². The number of nitrogens with one attached hydrogen (secondary N) is 1. The lowest BCUT2D eigenvalue weighted by Gasteiger charge is -2.29. The van der Waals surface area contributed by atoms with Crippen molar-refractivity contribution in [2.24, 2.45) is 5.92 Å². The van der Waals surface area contributed by atoms with E-state index in [1.807, 2.05) is 6.92 Å². The number of aliphatic carboxylic acids is 1. The SMILES string of the molecule is CC[C@H](C)[C@H](NC(=O)N(CC(=O)OC)C(C)C)C(=O)O. The first-order valence-electron chi connectivity index (χ1n) is 6.61. The summed E-state index contributed by atoms with van der Waals surface area (Å²) in [4.78, 5) is 35.8. The summed E-state index contributed by atoms with van der Waals surface area (Å²) in [6, 6.07) is -1.81. The Balaban J connectivity index is 4.89. The van der Waals surface area contributed by atoms with Crippen LogP contribution in [0.15, 0.2) is 0 Å². The average molecular weight is 288 g/mol. The molecule has 0 aromatic carbocycles. The molecule has 0 aromatic heterocycles. The van der Waals surface area contributed by atoms with Crippen LogP contribution in [0.4, 0.5) is 4.79 Å². The molecule has 0 aliphatic carbocycles. The Morgan fingerprint density at radius 2 is 1.80 bits per heavy atom. The minimum absolute atomic E-state index is 0.205. The first-order valence-corrected chi connectivity index (χ1v) is 6.61. The van der Waals surface area contributed by atoms with Crippen molar-refractivity contribution in [1.29, 1.82) is 0 Å². The molecular formula is C13H24N2O5. The molecule has 2 amide bonds. The first kappa shape index (κ1) is 18.2. The molecule has 0 unspecified atom stereocenters. The average Bonchev–Trinajstić information content (AvgIpc) is 2.39. The third kappa shape index (κ3) is 5.46. The summed E-state index contributed by atoms with van der Waals surface area (Å²) in [5.41, 5.74) is 0. The van der Waals surface area contributed by atoms with E-state index in [-0.39, 0.29) is 18.5 Å². The molecule has 0 heterocycles. The lowest BCUT2D eigenvalue weighted by Crippen LogP contribution is -2.53. The van der Waals surface area contributed by atoms with Crippen LogP contribution in [-0.2, 0) is 14.3 Å². The maximum Gasteiger partial charge on any atom is 0.326 e. The third-order valence-corrected chi connectivity index (χ3v) is 3.17. The van der Waals surface area contributed by atoms with Gasteiger partial charge >= 0.3 is 18.0 Å². The van der Waals surface area contributed by atoms with Crippen molar-refractivity contribution in [3.8, 4) is 0 Å². The first-order chi connectivity index (χ1) is 9.24. The van der Waals surface area contributed by atoms with Gasteiger partial charge in [-0.25, -0.2) is 9.59 Å². The summed E-state index contributed by atoms with van der Waals surface area (Å²) in [5, 5.41) is 11.6. The van der Waals surface area contributed by atoms with E-state index in [1.54, 1.807) is 20.8 Å². The fourth-order valence-electron chi connectivity index (χ4n) is 1.59. The molecule has 0 radical (unpaired) electrons. The fourth-order valence-corrected chi connectivity index (χ4v) is 1.59. The van der Waals surface area contributed by atoms with Gasteiger partial charge in [0.25, 0.3) is 0 Å². The van der Waals surface area contributed by atoms with Gasteiger partial charge < -0.3 is 20.1 Å². The predicted molar refractivity (Wildman–Crippen MR) is 73.3 cm³/mol. The van der Waals surface area contributed by atoms with Crippen molar-refractivity contribution in [1.82, 2.24) is 10.2 Å². The molecule has 0 aliphatic heterocycles. The molecule has 7 heteroatoms. The zero-order valence-electron chi connectivity index (χ0n) is 12.7. The molecule has 116 valence electrons. The molecule has 0 aliphatic rings. The van der Waals surface area contributed by atoms with Crippen LogP contribution < -0.4 is 5.32 Å². The molecule has 0 bridgehead atoms. The number of carbonyl (C=O) groups is 3. The van der Waals surface area contributed by atoms with E-state index >= 15 is 0 Å². The van der Waals surface area contributed by atoms with Gasteiger partial charge in [0.05, 0.1) is 7.11 Å². The third-order valence-electron chi connectivity index (χ3n) is 3.17. The van der Waals surface area contributed by atoms with Crippen LogP contribution in [0.2, 0.25) is 0 Å². The number of amides is 2. The minimum atomic E-state index is -1.09. The number of nitrogens with zero attached hydrogens (tertiary/aromatic N) is 1. The molecule has 20 heavy (non-hydrogen) atoms. The zero-order chi connectivity index (χ0) is 15.9. The van der Waals surface area contributed by atoms with Crippen LogP contribution in [0, 0.1) is 5.92 Å². The lowest BCUT2D eigenvalue weighted by molar-refractivity contribution is -0.141. The molecule has 0 spiro atoms. The molecule has 0 fully saturated rings. The molecule has 7 nitrogen and oxygen atoms in total. The highest BCUT2D eigenvalue weighted by Crippen LogP contribution is 2.09. The highest BCUT2D eigenvalue weighted by atomic mass is 16.5. The van der Waals surface area contributed by atoms with E-state index in [1.165, 1.54) is 12.0 Å². The van der Waals surface area contributed by atoms with E-state index < -0.39 is 24.0 Å². The maximum atomic E-state index is 12.1. The van der Waals surface area contributed by atoms with Crippen LogP contribution in [0.1, 0.15) is 34.1 Å². The molecule has 2 atom stereocenters. The molecular weight excluding hydrogens is 264 g/mol. The molecule has 0 saturated carbocycles. The van der Waals surface area contributed by atoms with Gasteiger partial charge in [-0.1, -0.05) is 20.3 Å². The number of carboxylic acid groups (broad SMARTS) is 1. The van der Waals surface area contributed by atoms with Gasteiger partial charge in [0.2, 0.25) is 0 Å². The van der Waals surface area contributed by atoms with Crippen LogP contribution in [-0.4, -0.2) is 53.7 Å². The second-order valence-electron chi connectivity index (χ2n) is 4.95. The van der Waals surface area contributed by atoms with Crippen LogP contribution in [0.5, 0.6) is 0 Å². The number of hydrogen-bond acceptors (Lipinski definition) is 4. The van der Waals surface area contributed by atoms with Crippen molar-refractivity contribution in [3.05, 3.63) is 0 Å². The number of esters is 1. The van der Waals surface area contributed by atoms with E-state index in [4.69, 9.17) is 5.11 Å². The standard InChI is InChI=1S/C13H24N2O5/c1-6-9(4)11(12(17)18)14-13(19)15(8(2)3)7-10(16)20-5/h8-9,11H,6-7H2,1-5H3,(H,14,19)(H,17,18)/t9-,11-/m0/s1. The maximum absolute atomic E-state index is 12.1. The zero-order valence-corrected chi connectivity index (χ0v) is 12.7. The van der Waals surface area contributed by atoms with Gasteiger partial charge in [-0.3, -0.25) is 4.79 Å². The van der Waals surface area contributed by atoms with Crippen molar-refractivity contribution < 1.29 is 24.2 Å². The molecule has 0 rings (SSSR count). The molecule has 0 aromatic rings. The van der Waals surface area contributed by atoms with Gasteiger partial charge in [-0.2, -0.15) is 0 Å². The van der Waals surface area contributed by atoms with Crippen LogP contribution in [0.25, 0.3) is 0 Å². The molecule has 0 saturated heterocycles. The number of methoxy groups -OCH3 is 1. The Morgan fingerprint density at radius 3 is 2.15 bits per heavy atom. The summed E-state index contributed by atoms with van der Waals surface area (Å²) in [6.07, 6.45) is 0.621. The predicted octanol–water partition coefficient (Wildman–Crippen LogP) is 1.08. The number of carboxylic acids is 1. The lowest BCUT2D eigenvalue weighted by atomic mass is 9.99. The van der Waals surface area contributed by atoms with Gasteiger partial charge in [-0.05, 0) is 19.8 Å². The second kappa shape index (κ2) is 8.39. The van der Waals surface area contributed by atoms with E-state index in [9.17, 15) is 14.4 Å². The van der Waals surface area contributed by atoms with E-state index in [2.05, 4.69) is 10.1 Å². The summed E-state index contributed by atoms with van der Waals surface area (Å²) >= 11 is 0. The quantitative estimate of drug-likeness (QED) is 0.683. The Kier molecular flexibility index (Phi) is 7.64. The van der Waals surface area contributed by atoms with Crippen molar-refractivity contribution in [2.45, 2.75) is 46.2 Å². The Labute approximate surface area is 119 Å².